The number of hydrogen-bond donors (Lipinski definition) is 2. The maximum Gasteiger partial charge on any atom is 0.411 e. The first-order valence-corrected chi connectivity index (χ1v) is 10.5. The fourth-order valence-corrected chi connectivity index (χ4v) is 4.96. The summed E-state index contributed by atoms with van der Waals surface area (Å²) in [4.78, 5) is 24.0. The van der Waals surface area contributed by atoms with Crippen LogP contribution in [0, 0.1) is 5.92 Å². The number of amides is 1. The number of nitrogens with one attached hydrogen (secondary N) is 2. The first-order chi connectivity index (χ1) is 13.9. The van der Waals surface area contributed by atoms with Gasteiger partial charge in [0.05, 0.1) is 29.9 Å². The molecule has 0 saturated carbocycles. The lowest BCUT2D eigenvalue weighted by Crippen LogP contribution is -2.26. The number of anilines is 1. The Hall–Kier alpha value is -2.91. The second-order valence-corrected chi connectivity index (χ2v) is 8.45. The zero-order chi connectivity index (χ0) is 21.0. The van der Waals surface area contributed by atoms with Crippen molar-refractivity contribution in [3.63, 3.8) is 0 Å². The van der Waals surface area contributed by atoms with E-state index in [9.17, 15) is 18.0 Å². The fourth-order valence-electron chi connectivity index (χ4n) is 3.44. The van der Waals surface area contributed by atoms with E-state index < -0.39 is 33.9 Å². The molecule has 8 nitrogen and oxygen atoms in total. The standard InChI is InChI=1S/C20H22N2O6S/c1-27-19(23)15-10-11-21-18(15)16-12-13(22-20(24)28-2)8-9-17(16)29(25,26)14-6-4-3-5-7-14/h3-9,12,15,18,21H,10-11H2,1-2H3,(H,22,24)/t15-,18+/m0/s1. The Morgan fingerprint density at radius 3 is 2.45 bits per heavy atom. The van der Waals surface area contributed by atoms with Crippen LogP contribution in [0.5, 0.6) is 0 Å². The van der Waals surface area contributed by atoms with Gasteiger partial charge in [-0.2, -0.15) is 0 Å². The van der Waals surface area contributed by atoms with Crippen molar-refractivity contribution in [3.05, 3.63) is 54.1 Å². The number of methoxy groups -OCH3 is 2. The molecule has 2 aromatic rings. The van der Waals surface area contributed by atoms with Crippen LogP contribution in [0.4, 0.5) is 10.5 Å². The summed E-state index contributed by atoms with van der Waals surface area (Å²) in [7, 11) is -1.32. The van der Waals surface area contributed by atoms with Crippen molar-refractivity contribution in [3.8, 4) is 0 Å². The quantitative estimate of drug-likeness (QED) is 0.718. The highest BCUT2D eigenvalue weighted by atomic mass is 32.2. The Morgan fingerprint density at radius 1 is 1.07 bits per heavy atom. The average Bonchev–Trinajstić information content (AvgIpc) is 3.23. The highest BCUT2D eigenvalue weighted by molar-refractivity contribution is 7.91. The molecule has 1 heterocycles. The minimum Gasteiger partial charge on any atom is -0.469 e. The van der Waals surface area contributed by atoms with Gasteiger partial charge in [-0.25, -0.2) is 13.2 Å². The molecule has 2 aromatic carbocycles. The Bertz CT molecular complexity index is 1010. The molecule has 29 heavy (non-hydrogen) atoms. The van der Waals surface area contributed by atoms with Crippen LogP contribution in [0.25, 0.3) is 0 Å². The normalized spacial score (nSPS) is 18.8. The Kier molecular flexibility index (Phi) is 6.19. The molecule has 0 aromatic heterocycles. The monoisotopic (exact) mass is 418 g/mol. The summed E-state index contributed by atoms with van der Waals surface area (Å²) in [5.41, 5.74) is 0.742. The minimum absolute atomic E-state index is 0.0624. The van der Waals surface area contributed by atoms with Gasteiger partial charge in [-0.15, -0.1) is 0 Å². The highest BCUT2D eigenvalue weighted by Crippen LogP contribution is 2.37. The summed E-state index contributed by atoms with van der Waals surface area (Å²) in [5.74, 6) is -0.965. The van der Waals surface area contributed by atoms with Crippen molar-refractivity contribution in [1.82, 2.24) is 5.32 Å². The predicted octanol–water partition coefficient (Wildman–Crippen LogP) is 2.52. The van der Waals surface area contributed by atoms with Crippen LogP contribution in [0.1, 0.15) is 18.0 Å². The van der Waals surface area contributed by atoms with Crippen LogP contribution < -0.4 is 10.6 Å². The zero-order valence-electron chi connectivity index (χ0n) is 16.0. The molecular weight excluding hydrogens is 396 g/mol. The number of sulfone groups is 1. The molecule has 9 heteroatoms. The van der Waals surface area contributed by atoms with Crippen molar-refractivity contribution >= 4 is 27.6 Å². The number of carbonyl (C=O) groups excluding carboxylic acids is 2. The van der Waals surface area contributed by atoms with Crippen LogP contribution in [0.3, 0.4) is 0 Å². The third-order valence-corrected chi connectivity index (χ3v) is 6.69. The largest absolute Gasteiger partial charge is 0.469 e. The van der Waals surface area contributed by atoms with Crippen molar-refractivity contribution < 1.29 is 27.5 Å². The summed E-state index contributed by atoms with van der Waals surface area (Å²) in [5, 5.41) is 5.72. The maximum absolute atomic E-state index is 13.3. The Morgan fingerprint density at radius 2 is 1.79 bits per heavy atom. The molecule has 2 atom stereocenters. The van der Waals surface area contributed by atoms with Gasteiger partial charge in [0.1, 0.15) is 0 Å². The maximum atomic E-state index is 13.3. The first kappa shape index (κ1) is 20.8. The van der Waals surface area contributed by atoms with E-state index in [1.807, 2.05) is 0 Å². The number of esters is 1. The molecule has 3 rings (SSSR count). The zero-order valence-corrected chi connectivity index (χ0v) is 16.9. The van der Waals surface area contributed by atoms with E-state index in [2.05, 4.69) is 15.4 Å². The number of rotatable bonds is 5. The summed E-state index contributed by atoms with van der Waals surface area (Å²) in [6, 6.07) is 11.9. The third-order valence-electron chi connectivity index (χ3n) is 4.85. The lowest BCUT2D eigenvalue weighted by atomic mass is 9.94. The lowest BCUT2D eigenvalue weighted by molar-refractivity contribution is -0.145. The molecule has 0 radical (unpaired) electrons. The summed E-state index contributed by atoms with van der Waals surface area (Å²) >= 11 is 0. The van der Waals surface area contributed by atoms with Gasteiger partial charge < -0.3 is 14.8 Å². The first-order valence-electron chi connectivity index (χ1n) is 8.98. The van der Waals surface area contributed by atoms with Gasteiger partial charge in [0.15, 0.2) is 0 Å². The van der Waals surface area contributed by atoms with Crippen LogP contribution in [0.15, 0.2) is 58.3 Å². The molecule has 2 N–H and O–H groups in total. The third kappa shape index (κ3) is 4.25. The molecular formula is C20H22N2O6S. The summed E-state index contributed by atoms with van der Waals surface area (Å²) < 4.78 is 36.1. The van der Waals surface area contributed by atoms with Crippen LogP contribution in [-0.4, -0.2) is 41.2 Å². The lowest BCUT2D eigenvalue weighted by Gasteiger charge is -2.22. The number of hydrogen-bond acceptors (Lipinski definition) is 7. The number of ether oxygens (including phenoxy) is 2. The average molecular weight is 418 g/mol. The van der Waals surface area contributed by atoms with Crippen LogP contribution in [-0.2, 0) is 24.1 Å². The van der Waals surface area contributed by atoms with Gasteiger partial charge in [0.25, 0.3) is 0 Å². The molecule has 154 valence electrons. The van der Waals surface area contributed by atoms with Gasteiger partial charge in [0.2, 0.25) is 9.84 Å². The van der Waals surface area contributed by atoms with Gasteiger partial charge >= 0.3 is 12.1 Å². The molecule has 0 spiro atoms. The predicted molar refractivity (Wildman–Crippen MR) is 105 cm³/mol. The van der Waals surface area contributed by atoms with Crippen molar-refractivity contribution in [2.45, 2.75) is 22.3 Å². The molecule has 0 bridgehead atoms. The fraction of sp³-hybridized carbons (Fsp3) is 0.300. The van der Waals surface area contributed by atoms with E-state index in [1.165, 1.54) is 38.5 Å². The molecule has 1 amide bonds. The topological polar surface area (TPSA) is 111 Å². The SMILES string of the molecule is COC(=O)Nc1ccc(S(=O)(=O)c2ccccc2)c([C@@H]2NCC[C@@H]2C(=O)OC)c1. The van der Waals surface area contributed by atoms with Gasteiger partial charge in [-0.05, 0) is 48.9 Å². The van der Waals surface area contributed by atoms with E-state index in [-0.39, 0.29) is 9.79 Å². The summed E-state index contributed by atoms with van der Waals surface area (Å²) in [6.45, 7) is 0.532. The Balaban J connectivity index is 2.13. The van der Waals surface area contributed by atoms with E-state index >= 15 is 0 Å². The van der Waals surface area contributed by atoms with Crippen molar-refractivity contribution in [2.75, 3.05) is 26.1 Å². The van der Waals surface area contributed by atoms with Gasteiger partial charge in [0, 0.05) is 11.7 Å². The molecule has 1 fully saturated rings. The molecule has 1 aliphatic rings. The van der Waals surface area contributed by atoms with E-state index in [0.29, 0.717) is 24.2 Å². The molecule has 1 aliphatic heterocycles. The van der Waals surface area contributed by atoms with Crippen LogP contribution in [0.2, 0.25) is 0 Å². The summed E-state index contributed by atoms with van der Waals surface area (Å²) in [6.07, 6.45) is -0.171. The van der Waals surface area contributed by atoms with E-state index in [1.54, 1.807) is 24.3 Å². The Labute approximate surface area is 169 Å². The molecule has 1 saturated heterocycles. The van der Waals surface area contributed by atoms with E-state index in [4.69, 9.17) is 4.74 Å². The van der Waals surface area contributed by atoms with Crippen molar-refractivity contribution in [1.29, 1.82) is 0 Å². The number of carbonyl (C=O) groups is 2. The number of benzene rings is 2. The van der Waals surface area contributed by atoms with Gasteiger partial charge in [-0.3, -0.25) is 10.1 Å². The molecule has 0 aliphatic carbocycles. The van der Waals surface area contributed by atoms with Crippen molar-refractivity contribution in [2.24, 2.45) is 5.92 Å². The van der Waals surface area contributed by atoms with Gasteiger partial charge in [-0.1, -0.05) is 18.2 Å². The minimum atomic E-state index is -3.85. The second-order valence-electron chi connectivity index (χ2n) is 6.54. The molecule has 0 unspecified atom stereocenters. The smallest absolute Gasteiger partial charge is 0.411 e. The second kappa shape index (κ2) is 8.62. The van der Waals surface area contributed by atoms with Crippen LogP contribution >= 0.6 is 0 Å². The van der Waals surface area contributed by atoms with E-state index in [0.717, 1.165) is 0 Å². The highest BCUT2D eigenvalue weighted by Gasteiger charge is 2.38.